The highest BCUT2D eigenvalue weighted by Gasteiger charge is 2.42. The van der Waals surface area contributed by atoms with E-state index in [1.54, 1.807) is 18.6 Å². The lowest BCUT2D eigenvalue weighted by molar-refractivity contribution is -0.132. The van der Waals surface area contributed by atoms with Gasteiger partial charge in [-0.3, -0.25) is 9.78 Å². The fourth-order valence-electron chi connectivity index (χ4n) is 2.34. The number of carbonyl (C=O) groups is 1. The number of nitrogens with two attached hydrogens (primary N) is 1. The minimum atomic E-state index is 0.0769. The number of rotatable bonds is 2. The summed E-state index contributed by atoms with van der Waals surface area (Å²) in [5.41, 5.74) is 5.72. The molecule has 2 unspecified atom stereocenters. The lowest BCUT2D eigenvalue weighted by atomic mass is 10.2. The Labute approximate surface area is 106 Å². The van der Waals surface area contributed by atoms with Crippen LogP contribution in [0, 0.1) is 5.92 Å². The zero-order valence-corrected chi connectivity index (χ0v) is 10.2. The van der Waals surface area contributed by atoms with Crippen molar-refractivity contribution in [2.45, 2.75) is 12.5 Å². The molecule has 3 rings (SSSR count). The van der Waals surface area contributed by atoms with Crippen LogP contribution in [0.2, 0.25) is 0 Å². The van der Waals surface area contributed by atoms with Gasteiger partial charge in [-0.2, -0.15) is 0 Å². The Hall–Kier alpha value is -1.69. The summed E-state index contributed by atoms with van der Waals surface area (Å²) in [4.78, 5) is 24.4. The Morgan fingerprint density at radius 2 is 2.00 bits per heavy atom. The van der Waals surface area contributed by atoms with Crippen molar-refractivity contribution in [2.24, 2.45) is 11.7 Å². The van der Waals surface area contributed by atoms with Crippen LogP contribution in [0.5, 0.6) is 0 Å². The molecule has 0 radical (unpaired) electrons. The van der Waals surface area contributed by atoms with Gasteiger partial charge >= 0.3 is 0 Å². The molecule has 2 aliphatic rings. The number of anilines is 1. The second kappa shape index (κ2) is 4.53. The van der Waals surface area contributed by atoms with E-state index in [9.17, 15) is 4.79 Å². The molecule has 6 nitrogen and oxygen atoms in total. The molecule has 2 heterocycles. The largest absolute Gasteiger partial charge is 0.352 e. The van der Waals surface area contributed by atoms with Crippen molar-refractivity contribution in [3.8, 4) is 0 Å². The first-order chi connectivity index (χ1) is 8.75. The zero-order valence-electron chi connectivity index (χ0n) is 10.2. The van der Waals surface area contributed by atoms with Crippen LogP contribution in [0.1, 0.15) is 6.42 Å². The Bertz CT molecular complexity index is 429. The monoisotopic (exact) mass is 247 g/mol. The first kappa shape index (κ1) is 11.4. The predicted octanol–water partition coefficient (Wildman–Crippen LogP) is -0.528. The van der Waals surface area contributed by atoms with E-state index in [2.05, 4.69) is 14.9 Å². The topological polar surface area (TPSA) is 75.4 Å². The number of amides is 1. The molecule has 18 heavy (non-hydrogen) atoms. The van der Waals surface area contributed by atoms with Crippen LogP contribution in [0.25, 0.3) is 0 Å². The Kier molecular flexibility index (Phi) is 2.87. The van der Waals surface area contributed by atoms with Crippen LogP contribution in [-0.2, 0) is 4.79 Å². The molecular formula is C12H17N5O. The van der Waals surface area contributed by atoms with Crippen LogP contribution >= 0.6 is 0 Å². The number of piperazine rings is 1. The first-order valence-electron chi connectivity index (χ1n) is 6.31. The lowest BCUT2D eigenvalue weighted by Gasteiger charge is -2.35. The SMILES string of the molecule is NC1CC1C(=O)N1CCN(c2cnccn2)CC1. The van der Waals surface area contributed by atoms with Crippen molar-refractivity contribution in [3.63, 3.8) is 0 Å². The molecule has 1 aromatic heterocycles. The second-order valence-electron chi connectivity index (χ2n) is 4.88. The summed E-state index contributed by atoms with van der Waals surface area (Å²) in [6.07, 6.45) is 5.96. The van der Waals surface area contributed by atoms with Crippen LogP contribution < -0.4 is 10.6 Å². The highest BCUT2D eigenvalue weighted by atomic mass is 16.2. The molecule has 2 N–H and O–H groups in total. The van der Waals surface area contributed by atoms with Gasteiger partial charge in [0.15, 0.2) is 0 Å². The highest BCUT2D eigenvalue weighted by molar-refractivity contribution is 5.82. The summed E-state index contributed by atoms with van der Waals surface area (Å²) in [7, 11) is 0. The standard InChI is InChI=1S/C12H17N5O/c13-10-7-9(10)12(18)17-5-3-16(4-6-17)11-8-14-1-2-15-11/h1-2,8-10H,3-7,13H2. The van der Waals surface area contributed by atoms with E-state index in [1.807, 2.05) is 4.90 Å². The summed E-state index contributed by atoms with van der Waals surface area (Å²) < 4.78 is 0. The molecule has 2 fully saturated rings. The average molecular weight is 247 g/mol. The van der Waals surface area contributed by atoms with E-state index >= 15 is 0 Å². The zero-order chi connectivity index (χ0) is 12.5. The third-order valence-corrected chi connectivity index (χ3v) is 3.62. The Morgan fingerprint density at radius 3 is 2.56 bits per heavy atom. The van der Waals surface area contributed by atoms with Gasteiger partial charge in [0, 0.05) is 44.6 Å². The molecular weight excluding hydrogens is 230 g/mol. The summed E-state index contributed by atoms with van der Waals surface area (Å²) >= 11 is 0. The number of aromatic nitrogens is 2. The summed E-state index contributed by atoms with van der Waals surface area (Å²) in [5.74, 6) is 1.18. The molecule has 96 valence electrons. The van der Waals surface area contributed by atoms with Crippen LogP contribution in [0.3, 0.4) is 0 Å². The van der Waals surface area contributed by atoms with E-state index in [-0.39, 0.29) is 17.9 Å². The van der Waals surface area contributed by atoms with Gasteiger partial charge in [-0.1, -0.05) is 0 Å². The van der Waals surface area contributed by atoms with Crippen molar-refractivity contribution < 1.29 is 4.79 Å². The molecule has 1 aliphatic heterocycles. The van der Waals surface area contributed by atoms with Gasteiger partial charge < -0.3 is 15.5 Å². The molecule has 0 bridgehead atoms. The smallest absolute Gasteiger partial charge is 0.227 e. The summed E-state index contributed by atoms with van der Waals surface area (Å²) in [6.45, 7) is 3.12. The maximum atomic E-state index is 12.0. The van der Waals surface area contributed by atoms with Crippen molar-refractivity contribution in [1.29, 1.82) is 0 Å². The minimum Gasteiger partial charge on any atom is -0.352 e. The molecule has 1 aliphatic carbocycles. The summed E-state index contributed by atoms with van der Waals surface area (Å²) in [6, 6.07) is 0.0931. The van der Waals surface area contributed by atoms with Crippen LogP contribution in [-0.4, -0.2) is 53.0 Å². The van der Waals surface area contributed by atoms with Gasteiger partial charge in [0.25, 0.3) is 0 Å². The molecule has 1 aromatic rings. The molecule has 6 heteroatoms. The average Bonchev–Trinajstić information content (AvgIpc) is 3.16. The van der Waals surface area contributed by atoms with Crippen molar-refractivity contribution in [3.05, 3.63) is 18.6 Å². The number of carbonyl (C=O) groups excluding carboxylic acids is 1. The van der Waals surface area contributed by atoms with Gasteiger partial charge in [-0.15, -0.1) is 0 Å². The first-order valence-corrected chi connectivity index (χ1v) is 6.31. The molecule has 0 spiro atoms. The van der Waals surface area contributed by atoms with Gasteiger partial charge in [-0.25, -0.2) is 4.98 Å². The number of hydrogen-bond acceptors (Lipinski definition) is 5. The van der Waals surface area contributed by atoms with Gasteiger partial charge in [-0.05, 0) is 6.42 Å². The second-order valence-corrected chi connectivity index (χ2v) is 4.88. The molecule has 0 aromatic carbocycles. The van der Waals surface area contributed by atoms with Gasteiger partial charge in [0.2, 0.25) is 5.91 Å². The van der Waals surface area contributed by atoms with E-state index in [0.29, 0.717) is 0 Å². The van der Waals surface area contributed by atoms with Gasteiger partial charge in [0.05, 0.1) is 12.1 Å². The van der Waals surface area contributed by atoms with E-state index in [4.69, 9.17) is 5.73 Å². The van der Waals surface area contributed by atoms with Crippen LogP contribution in [0.15, 0.2) is 18.6 Å². The van der Waals surface area contributed by atoms with Crippen molar-refractivity contribution in [1.82, 2.24) is 14.9 Å². The molecule has 1 amide bonds. The van der Waals surface area contributed by atoms with Crippen LogP contribution in [0.4, 0.5) is 5.82 Å². The van der Waals surface area contributed by atoms with E-state index < -0.39 is 0 Å². The number of nitrogens with zero attached hydrogens (tertiary/aromatic N) is 4. The fraction of sp³-hybridized carbons (Fsp3) is 0.583. The normalized spacial score (nSPS) is 27.2. The molecule has 1 saturated heterocycles. The fourth-order valence-corrected chi connectivity index (χ4v) is 2.34. The predicted molar refractivity (Wildman–Crippen MR) is 66.9 cm³/mol. The quantitative estimate of drug-likeness (QED) is 0.760. The van der Waals surface area contributed by atoms with Crippen molar-refractivity contribution in [2.75, 3.05) is 31.1 Å². The Morgan fingerprint density at radius 1 is 1.28 bits per heavy atom. The van der Waals surface area contributed by atoms with Gasteiger partial charge in [0.1, 0.15) is 5.82 Å². The highest BCUT2D eigenvalue weighted by Crippen LogP contribution is 2.30. The summed E-state index contributed by atoms with van der Waals surface area (Å²) in [5, 5.41) is 0. The third kappa shape index (κ3) is 2.15. The van der Waals surface area contributed by atoms with Crippen molar-refractivity contribution >= 4 is 11.7 Å². The number of hydrogen-bond donors (Lipinski definition) is 1. The third-order valence-electron chi connectivity index (χ3n) is 3.62. The van der Waals surface area contributed by atoms with E-state index in [0.717, 1.165) is 38.4 Å². The maximum Gasteiger partial charge on any atom is 0.227 e. The van der Waals surface area contributed by atoms with E-state index in [1.165, 1.54) is 0 Å². The Balaban J connectivity index is 1.57. The maximum absolute atomic E-state index is 12.0. The molecule has 1 saturated carbocycles. The minimum absolute atomic E-state index is 0.0769. The lowest BCUT2D eigenvalue weighted by Crippen LogP contribution is -2.49. The molecule has 2 atom stereocenters.